The number of hydrogen-bond donors (Lipinski definition) is 0. The highest BCUT2D eigenvalue weighted by molar-refractivity contribution is 5.11. The molecule has 1 aliphatic rings. The largest absolute Gasteiger partial charge is 0.490 e. The summed E-state index contributed by atoms with van der Waals surface area (Å²) < 4.78 is 7.51. The lowest BCUT2D eigenvalue weighted by Crippen LogP contribution is -1.98. The highest BCUT2D eigenvalue weighted by Crippen LogP contribution is 2.29. The van der Waals surface area contributed by atoms with E-state index in [9.17, 15) is 0 Å². The van der Waals surface area contributed by atoms with Crippen LogP contribution < -0.4 is 4.74 Å². The van der Waals surface area contributed by atoms with E-state index in [1.807, 2.05) is 10.9 Å². The molecular formula is C10H16N2O. The minimum absolute atomic E-state index is 0.814. The van der Waals surface area contributed by atoms with Crippen LogP contribution in [0.25, 0.3) is 0 Å². The molecule has 3 nitrogen and oxygen atoms in total. The lowest BCUT2D eigenvalue weighted by molar-refractivity contribution is 0.299. The van der Waals surface area contributed by atoms with E-state index in [2.05, 4.69) is 12.0 Å². The molecule has 72 valence electrons. The Bertz CT molecular complexity index is 266. The van der Waals surface area contributed by atoms with Gasteiger partial charge in [-0.1, -0.05) is 6.92 Å². The number of aromatic nitrogens is 2. The van der Waals surface area contributed by atoms with Crippen molar-refractivity contribution in [2.24, 2.45) is 5.92 Å². The van der Waals surface area contributed by atoms with Gasteiger partial charge in [-0.25, -0.2) is 0 Å². The number of aryl methyl sites for hydroxylation is 1. The van der Waals surface area contributed by atoms with Gasteiger partial charge in [-0.15, -0.1) is 0 Å². The molecule has 0 aromatic carbocycles. The average Bonchev–Trinajstić information content (AvgIpc) is 2.85. The molecule has 0 bridgehead atoms. The van der Waals surface area contributed by atoms with Gasteiger partial charge in [-0.3, -0.25) is 4.68 Å². The SMILES string of the molecule is CCCn1cc(OCC2CC2)cn1. The first kappa shape index (κ1) is 8.60. The van der Waals surface area contributed by atoms with Crippen LogP contribution in [0.2, 0.25) is 0 Å². The second-order valence-electron chi connectivity index (χ2n) is 3.69. The molecule has 0 spiro atoms. The van der Waals surface area contributed by atoms with Crippen molar-refractivity contribution in [1.29, 1.82) is 0 Å². The quantitative estimate of drug-likeness (QED) is 0.693. The molecule has 0 amide bonds. The van der Waals surface area contributed by atoms with E-state index in [1.165, 1.54) is 12.8 Å². The Morgan fingerprint density at radius 2 is 2.46 bits per heavy atom. The van der Waals surface area contributed by atoms with Gasteiger partial charge in [0.1, 0.15) is 0 Å². The van der Waals surface area contributed by atoms with Gasteiger partial charge in [0.05, 0.1) is 19.0 Å². The van der Waals surface area contributed by atoms with Gasteiger partial charge in [-0.2, -0.15) is 5.10 Å². The summed E-state index contributed by atoms with van der Waals surface area (Å²) in [7, 11) is 0. The van der Waals surface area contributed by atoms with Crippen molar-refractivity contribution >= 4 is 0 Å². The third kappa shape index (κ3) is 2.47. The Morgan fingerprint density at radius 1 is 1.62 bits per heavy atom. The number of hydrogen-bond acceptors (Lipinski definition) is 2. The molecule has 0 N–H and O–H groups in total. The fraction of sp³-hybridized carbons (Fsp3) is 0.700. The molecule has 0 saturated heterocycles. The Labute approximate surface area is 78.7 Å². The van der Waals surface area contributed by atoms with Crippen LogP contribution in [-0.4, -0.2) is 16.4 Å². The average molecular weight is 180 g/mol. The standard InChI is InChI=1S/C10H16N2O/c1-2-5-12-7-10(6-11-12)13-8-9-3-4-9/h6-7,9H,2-5,8H2,1H3. The number of nitrogens with zero attached hydrogens (tertiary/aromatic N) is 2. The zero-order valence-corrected chi connectivity index (χ0v) is 8.07. The van der Waals surface area contributed by atoms with E-state index in [-0.39, 0.29) is 0 Å². The molecule has 3 heteroatoms. The normalized spacial score (nSPS) is 16.1. The van der Waals surface area contributed by atoms with E-state index >= 15 is 0 Å². The summed E-state index contributed by atoms with van der Waals surface area (Å²) in [6, 6.07) is 0. The second-order valence-corrected chi connectivity index (χ2v) is 3.69. The number of rotatable bonds is 5. The van der Waals surface area contributed by atoms with Gasteiger partial charge in [0.15, 0.2) is 5.75 Å². The van der Waals surface area contributed by atoms with Crippen LogP contribution in [0, 0.1) is 5.92 Å². The van der Waals surface area contributed by atoms with Crippen molar-refractivity contribution in [2.75, 3.05) is 6.61 Å². The first-order valence-corrected chi connectivity index (χ1v) is 5.03. The maximum atomic E-state index is 5.57. The molecule has 1 aromatic heterocycles. The maximum Gasteiger partial charge on any atom is 0.157 e. The van der Waals surface area contributed by atoms with Crippen LogP contribution in [0.5, 0.6) is 5.75 Å². The van der Waals surface area contributed by atoms with Crippen molar-refractivity contribution in [1.82, 2.24) is 9.78 Å². The van der Waals surface area contributed by atoms with Gasteiger partial charge < -0.3 is 4.74 Å². The molecule has 2 rings (SSSR count). The molecular weight excluding hydrogens is 164 g/mol. The predicted octanol–water partition coefficient (Wildman–Crippen LogP) is 2.08. The fourth-order valence-corrected chi connectivity index (χ4v) is 1.27. The summed E-state index contributed by atoms with van der Waals surface area (Å²) in [4.78, 5) is 0. The van der Waals surface area contributed by atoms with Crippen LogP contribution in [-0.2, 0) is 6.54 Å². The third-order valence-corrected chi connectivity index (χ3v) is 2.24. The second kappa shape index (κ2) is 3.81. The summed E-state index contributed by atoms with van der Waals surface area (Å²) in [6.45, 7) is 4.00. The molecule has 1 saturated carbocycles. The lowest BCUT2D eigenvalue weighted by atomic mass is 10.5. The molecule has 1 fully saturated rings. The van der Waals surface area contributed by atoms with Gasteiger partial charge in [0.2, 0.25) is 0 Å². The summed E-state index contributed by atoms with van der Waals surface area (Å²) >= 11 is 0. The van der Waals surface area contributed by atoms with E-state index in [4.69, 9.17) is 4.74 Å². The Morgan fingerprint density at radius 3 is 3.15 bits per heavy atom. The highest BCUT2D eigenvalue weighted by atomic mass is 16.5. The minimum atomic E-state index is 0.814. The van der Waals surface area contributed by atoms with Crippen LogP contribution in [0.4, 0.5) is 0 Å². The molecule has 1 aliphatic carbocycles. The first-order chi connectivity index (χ1) is 6.38. The maximum absolute atomic E-state index is 5.57. The monoisotopic (exact) mass is 180 g/mol. The third-order valence-electron chi connectivity index (χ3n) is 2.24. The van der Waals surface area contributed by atoms with Crippen molar-refractivity contribution in [2.45, 2.75) is 32.7 Å². The molecule has 13 heavy (non-hydrogen) atoms. The predicted molar refractivity (Wildman–Crippen MR) is 50.7 cm³/mol. The van der Waals surface area contributed by atoms with Gasteiger partial charge in [0.25, 0.3) is 0 Å². The zero-order valence-electron chi connectivity index (χ0n) is 8.07. The summed E-state index contributed by atoms with van der Waals surface area (Å²) in [5.74, 6) is 1.73. The van der Waals surface area contributed by atoms with E-state index < -0.39 is 0 Å². The Hall–Kier alpha value is -0.990. The van der Waals surface area contributed by atoms with Gasteiger partial charge in [-0.05, 0) is 25.2 Å². The van der Waals surface area contributed by atoms with Crippen LogP contribution >= 0.6 is 0 Å². The van der Waals surface area contributed by atoms with Gasteiger partial charge in [0, 0.05) is 6.54 Å². The fourth-order valence-electron chi connectivity index (χ4n) is 1.27. The summed E-state index contributed by atoms with van der Waals surface area (Å²) in [5.41, 5.74) is 0. The van der Waals surface area contributed by atoms with E-state index in [0.717, 1.165) is 31.2 Å². The highest BCUT2D eigenvalue weighted by Gasteiger charge is 2.21. The van der Waals surface area contributed by atoms with Crippen molar-refractivity contribution in [3.05, 3.63) is 12.4 Å². The molecule has 0 radical (unpaired) electrons. The molecule has 0 unspecified atom stereocenters. The minimum Gasteiger partial charge on any atom is -0.490 e. The zero-order chi connectivity index (χ0) is 9.10. The van der Waals surface area contributed by atoms with Crippen LogP contribution in [0.3, 0.4) is 0 Å². The van der Waals surface area contributed by atoms with Crippen molar-refractivity contribution < 1.29 is 4.74 Å². The van der Waals surface area contributed by atoms with E-state index in [1.54, 1.807) is 6.20 Å². The molecule has 0 atom stereocenters. The van der Waals surface area contributed by atoms with Crippen molar-refractivity contribution in [3.63, 3.8) is 0 Å². The lowest BCUT2D eigenvalue weighted by Gasteiger charge is -1.99. The Kier molecular flexibility index (Phi) is 2.52. The van der Waals surface area contributed by atoms with Crippen molar-refractivity contribution in [3.8, 4) is 5.75 Å². The molecule has 1 aromatic rings. The van der Waals surface area contributed by atoms with E-state index in [0.29, 0.717) is 0 Å². The molecule has 0 aliphatic heterocycles. The van der Waals surface area contributed by atoms with Crippen LogP contribution in [0.1, 0.15) is 26.2 Å². The Balaban J connectivity index is 1.81. The first-order valence-electron chi connectivity index (χ1n) is 5.03. The number of ether oxygens (including phenoxy) is 1. The summed E-state index contributed by atoms with van der Waals surface area (Å²) in [5, 5.41) is 4.20. The topological polar surface area (TPSA) is 27.1 Å². The van der Waals surface area contributed by atoms with Crippen LogP contribution in [0.15, 0.2) is 12.4 Å². The molecule has 1 heterocycles. The summed E-state index contributed by atoms with van der Waals surface area (Å²) in [6.07, 6.45) is 7.57. The van der Waals surface area contributed by atoms with Gasteiger partial charge >= 0.3 is 0 Å². The smallest absolute Gasteiger partial charge is 0.157 e.